The molecular formula is C23H23ClFNO2. The van der Waals surface area contributed by atoms with Gasteiger partial charge in [0.2, 0.25) is 0 Å². The smallest absolute Gasteiger partial charge is 0.137 e. The quantitative estimate of drug-likeness (QED) is 0.497. The minimum atomic E-state index is -0.252. The molecule has 0 bridgehead atoms. The molecule has 0 aromatic heterocycles. The van der Waals surface area contributed by atoms with Gasteiger partial charge in [-0.2, -0.15) is 0 Å². The zero-order valence-corrected chi connectivity index (χ0v) is 16.5. The van der Waals surface area contributed by atoms with Gasteiger partial charge in [0.1, 0.15) is 23.9 Å². The summed E-state index contributed by atoms with van der Waals surface area (Å²) < 4.78 is 24.7. The molecule has 3 rings (SSSR count). The van der Waals surface area contributed by atoms with E-state index in [1.165, 1.54) is 6.07 Å². The highest BCUT2D eigenvalue weighted by molar-refractivity contribution is 6.32. The van der Waals surface area contributed by atoms with Gasteiger partial charge in [0.25, 0.3) is 0 Å². The van der Waals surface area contributed by atoms with Crippen molar-refractivity contribution in [3.05, 3.63) is 94.3 Å². The van der Waals surface area contributed by atoms with Crippen LogP contribution in [0.25, 0.3) is 0 Å². The molecule has 3 aromatic rings. The highest BCUT2D eigenvalue weighted by Crippen LogP contribution is 2.25. The van der Waals surface area contributed by atoms with Gasteiger partial charge < -0.3 is 14.8 Å². The third kappa shape index (κ3) is 5.72. The van der Waals surface area contributed by atoms with Crippen LogP contribution in [-0.2, 0) is 19.7 Å². The molecule has 0 aliphatic heterocycles. The van der Waals surface area contributed by atoms with Gasteiger partial charge in [-0.3, -0.25) is 0 Å². The Kier molecular flexibility index (Phi) is 7.29. The molecule has 3 aromatic carbocycles. The first-order chi connectivity index (χ1) is 13.7. The van der Waals surface area contributed by atoms with Gasteiger partial charge in [-0.05, 0) is 48.4 Å². The van der Waals surface area contributed by atoms with Crippen LogP contribution in [0.15, 0.2) is 66.7 Å². The monoisotopic (exact) mass is 399 g/mol. The summed E-state index contributed by atoms with van der Waals surface area (Å²) in [5.41, 5.74) is 2.77. The zero-order chi connectivity index (χ0) is 19.8. The van der Waals surface area contributed by atoms with E-state index in [4.69, 9.17) is 21.1 Å². The molecule has 0 fully saturated rings. The fourth-order valence-corrected chi connectivity index (χ4v) is 3.02. The Morgan fingerprint density at radius 1 is 0.893 bits per heavy atom. The topological polar surface area (TPSA) is 30.5 Å². The Morgan fingerprint density at radius 3 is 2.32 bits per heavy atom. The maximum absolute atomic E-state index is 13.6. The van der Waals surface area contributed by atoms with Crippen molar-refractivity contribution in [2.24, 2.45) is 0 Å². The molecule has 0 amide bonds. The third-order valence-corrected chi connectivity index (χ3v) is 4.53. The second-order valence-corrected chi connectivity index (χ2v) is 6.73. The lowest BCUT2D eigenvalue weighted by atomic mass is 10.2. The van der Waals surface area contributed by atoms with E-state index in [0.29, 0.717) is 35.2 Å². The highest BCUT2D eigenvalue weighted by Gasteiger charge is 2.04. The van der Waals surface area contributed by atoms with Gasteiger partial charge in [0.15, 0.2) is 0 Å². The fourth-order valence-electron chi connectivity index (χ4n) is 2.76. The van der Waals surface area contributed by atoms with Crippen LogP contribution >= 0.6 is 11.6 Å². The largest absolute Gasteiger partial charge is 0.492 e. The van der Waals surface area contributed by atoms with E-state index in [9.17, 15) is 4.39 Å². The molecule has 146 valence electrons. The summed E-state index contributed by atoms with van der Waals surface area (Å²) in [5, 5.41) is 4.01. The number of hydrogen-bond acceptors (Lipinski definition) is 3. The van der Waals surface area contributed by atoms with Gasteiger partial charge >= 0.3 is 0 Å². The van der Waals surface area contributed by atoms with Gasteiger partial charge in [-0.1, -0.05) is 48.0 Å². The lowest BCUT2D eigenvalue weighted by Gasteiger charge is -2.10. The molecule has 0 saturated carbocycles. The Morgan fingerprint density at radius 2 is 1.61 bits per heavy atom. The van der Waals surface area contributed by atoms with Crippen LogP contribution in [0.4, 0.5) is 4.39 Å². The second kappa shape index (κ2) is 10.1. The molecule has 0 aliphatic rings. The number of nitrogens with one attached hydrogen (secondary N) is 1. The van der Waals surface area contributed by atoms with E-state index in [1.807, 2.05) is 49.4 Å². The van der Waals surface area contributed by atoms with Crippen LogP contribution in [0.3, 0.4) is 0 Å². The molecule has 0 spiro atoms. The van der Waals surface area contributed by atoms with Crippen molar-refractivity contribution in [3.63, 3.8) is 0 Å². The molecule has 28 heavy (non-hydrogen) atoms. The summed E-state index contributed by atoms with van der Waals surface area (Å²) in [4.78, 5) is 0. The average Bonchev–Trinajstić information content (AvgIpc) is 2.70. The first kappa shape index (κ1) is 20.2. The summed E-state index contributed by atoms with van der Waals surface area (Å²) in [7, 11) is 0. The predicted octanol–water partition coefficient (Wildman–Crippen LogP) is 5.75. The molecule has 0 saturated heterocycles. The summed E-state index contributed by atoms with van der Waals surface area (Å²) in [6.07, 6.45) is 0. The molecule has 0 heterocycles. The number of benzene rings is 3. The molecule has 0 atom stereocenters. The SMILES string of the molecule is CCOc1ccc(CNCc2ccc(OCc3ccccc3F)cc2)cc1Cl. The van der Waals surface area contributed by atoms with Crippen molar-refractivity contribution in [1.29, 1.82) is 0 Å². The van der Waals surface area contributed by atoms with Gasteiger partial charge in [-0.25, -0.2) is 4.39 Å². The molecule has 0 aliphatic carbocycles. The van der Waals surface area contributed by atoms with Crippen molar-refractivity contribution in [2.75, 3.05) is 6.61 Å². The normalized spacial score (nSPS) is 10.7. The Labute approximate surface area is 170 Å². The van der Waals surface area contributed by atoms with Crippen LogP contribution in [-0.4, -0.2) is 6.61 Å². The van der Waals surface area contributed by atoms with Gasteiger partial charge in [0, 0.05) is 18.7 Å². The number of rotatable bonds is 9. The minimum Gasteiger partial charge on any atom is -0.492 e. The van der Waals surface area contributed by atoms with E-state index in [1.54, 1.807) is 18.2 Å². The molecule has 0 radical (unpaired) electrons. The van der Waals surface area contributed by atoms with Crippen molar-refractivity contribution in [2.45, 2.75) is 26.6 Å². The van der Waals surface area contributed by atoms with Crippen LogP contribution < -0.4 is 14.8 Å². The summed E-state index contributed by atoms with van der Waals surface area (Å²) >= 11 is 6.22. The highest BCUT2D eigenvalue weighted by atomic mass is 35.5. The van der Waals surface area contributed by atoms with Crippen molar-refractivity contribution in [3.8, 4) is 11.5 Å². The third-order valence-electron chi connectivity index (χ3n) is 4.23. The van der Waals surface area contributed by atoms with E-state index in [-0.39, 0.29) is 12.4 Å². The van der Waals surface area contributed by atoms with Crippen LogP contribution in [0.5, 0.6) is 11.5 Å². The predicted molar refractivity (Wildman–Crippen MR) is 110 cm³/mol. The van der Waals surface area contributed by atoms with E-state index in [2.05, 4.69) is 5.32 Å². The van der Waals surface area contributed by atoms with Crippen LogP contribution in [0, 0.1) is 5.82 Å². The number of hydrogen-bond donors (Lipinski definition) is 1. The molecule has 5 heteroatoms. The zero-order valence-electron chi connectivity index (χ0n) is 15.8. The van der Waals surface area contributed by atoms with Crippen molar-refractivity contribution >= 4 is 11.6 Å². The first-order valence-corrected chi connectivity index (χ1v) is 9.60. The van der Waals surface area contributed by atoms with Crippen molar-refractivity contribution < 1.29 is 13.9 Å². The van der Waals surface area contributed by atoms with Crippen LogP contribution in [0.1, 0.15) is 23.6 Å². The fraction of sp³-hybridized carbons (Fsp3) is 0.217. The van der Waals surface area contributed by atoms with Crippen LogP contribution in [0.2, 0.25) is 5.02 Å². The Hall–Kier alpha value is -2.56. The van der Waals surface area contributed by atoms with Gasteiger partial charge in [0.05, 0.1) is 11.6 Å². The van der Waals surface area contributed by atoms with E-state index in [0.717, 1.165) is 17.7 Å². The Bertz CT molecular complexity index is 899. The Balaban J connectivity index is 1.47. The summed E-state index contributed by atoms with van der Waals surface area (Å²) in [6, 6.07) is 20.2. The average molecular weight is 400 g/mol. The first-order valence-electron chi connectivity index (χ1n) is 9.23. The molecule has 1 N–H and O–H groups in total. The lowest BCUT2D eigenvalue weighted by Crippen LogP contribution is -2.12. The van der Waals surface area contributed by atoms with Gasteiger partial charge in [-0.15, -0.1) is 0 Å². The second-order valence-electron chi connectivity index (χ2n) is 6.33. The van der Waals surface area contributed by atoms with E-state index < -0.39 is 0 Å². The van der Waals surface area contributed by atoms with Crippen molar-refractivity contribution in [1.82, 2.24) is 5.32 Å². The summed E-state index contributed by atoms with van der Waals surface area (Å²) in [5.74, 6) is 1.17. The number of halogens is 2. The summed E-state index contributed by atoms with van der Waals surface area (Å²) in [6.45, 7) is 4.16. The molecule has 0 unspecified atom stereocenters. The maximum Gasteiger partial charge on any atom is 0.137 e. The van der Waals surface area contributed by atoms with E-state index >= 15 is 0 Å². The number of ether oxygens (including phenoxy) is 2. The molecular weight excluding hydrogens is 377 g/mol. The minimum absolute atomic E-state index is 0.211. The molecule has 3 nitrogen and oxygen atoms in total. The standard InChI is InChI=1S/C23H23ClFNO2/c1-2-27-23-12-9-18(13-21(23)24)15-26-14-17-7-10-20(11-8-17)28-16-19-5-3-4-6-22(19)25/h3-13,26H,2,14-16H2,1H3. The maximum atomic E-state index is 13.6. The lowest BCUT2D eigenvalue weighted by molar-refractivity contribution is 0.300.